The van der Waals surface area contributed by atoms with E-state index in [-0.39, 0.29) is 23.6 Å². The number of anilines is 1. The van der Waals surface area contributed by atoms with Crippen LogP contribution in [0.3, 0.4) is 0 Å². The SMILES string of the molecule is CCOc1ccc(C(=O)NC(C(=O)Nc2cccc(-c3noc(=O)[nH]3)c2)C(C)C)cc1. The van der Waals surface area contributed by atoms with Crippen molar-refractivity contribution >= 4 is 17.5 Å². The van der Waals surface area contributed by atoms with Gasteiger partial charge in [0.25, 0.3) is 5.91 Å². The molecule has 3 N–H and O–H groups in total. The molecule has 2 amide bonds. The van der Waals surface area contributed by atoms with Crippen LogP contribution in [0.4, 0.5) is 5.69 Å². The minimum atomic E-state index is -0.755. The van der Waals surface area contributed by atoms with E-state index in [1.807, 2.05) is 20.8 Å². The Balaban J connectivity index is 1.70. The number of aromatic amines is 1. The molecular formula is C22H24N4O5. The molecule has 3 rings (SSSR count). The average Bonchev–Trinajstić information content (AvgIpc) is 3.19. The van der Waals surface area contributed by atoms with E-state index in [2.05, 4.69) is 25.3 Å². The van der Waals surface area contributed by atoms with Crippen LogP contribution in [0, 0.1) is 5.92 Å². The fourth-order valence-corrected chi connectivity index (χ4v) is 2.95. The summed E-state index contributed by atoms with van der Waals surface area (Å²) in [7, 11) is 0. The highest BCUT2D eigenvalue weighted by molar-refractivity contribution is 6.01. The first-order chi connectivity index (χ1) is 14.9. The molecule has 0 bridgehead atoms. The van der Waals surface area contributed by atoms with E-state index >= 15 is 0 Å². The lowest BCUT2D eigenvalue weighted by Crippen LogP contribution is -2.47. The fraction of sp³-hybridized carbons (Fsp3) is 0.273. The molecular weight excluding hydrogens is 400 g/mol. The van der Waals surface area contributed by atoms with E-state index in [0.717, 1.165) is 0 Å². The first kappa shape index (κ1) is 21.8. The monoisotopic (exact) mass is 424 g/mol. The minimum absolute atomic E-state index is 0.151. The molecule has 0 saturated heterocycles. The molecule has 0 aliphatic carbocycles. The Morgan fingerprint density at radius 1 is 1.16 bits per heavy atom. The van der Waals surface area contributed by atoms with Crippen LogP contribution in [-0.4, -0.2) is 34.6 Å². The number of hydrogen-bond acceptors (Lipinski definition) is 6. The second kappa shape index (κ2) is 9.75. The summed E-state index contributed by atoms with van der Waals surface area (Å²) in [6.07, 6.45) is 0. The number of nitrogens with one attached hydrogen (secondary N) is 3. The predicted octanol–water partition coefficient (Wildman–Crippen LogP) is 2.82. The van der Waals surface area contributed by atoms with Gasteiger partial charge in [-0.05, 0) is 49.2 Å². The lowest BCUT2D eigenvalue weighted by atomic mass is 10.0. The molecule has 9 nitrogen and oxygen atoms in total. The van der Waals surface area contributed by atoms with Crippen molar-refractivity contribution in [1.82, 2.24) is 15.5 Å². The van der Waals surface area contributed by atoms with Crippen molar-refractivity contribution < 1.29 is 18.8 Å². The molecule has 0 saturated carbocycles. The second-order valence-electron chi connectivity index (χ2n) is 7.17. The third-order valence-corrected chi connectivity index (χ3v) is 4.51. The Kier molecular flexibility index (Phi) is 6.86. The van der Waals surface area contributed by atoms with Crippen molar-refractivity contribution in [1.29, 1.82) is 0 Å². The van der Waals surface area contributed by atoms with Crippen LogP contribution in [0.25, 0.3) is 11.4 Å². The second-order valence-corrected chi connectivity index (χ2v) is 7.17. The van der Waals surface area contributed by atoms with E-state index in [1.54, 1.807) is 48.5 Å². The lowest BCUT2D eigenvalue weighted by molar-refractivity contribution is -0.118. The van der Waals surface area contributed by atoms with Crippen molar-refractivity contribution in [2.24, 2.45) is 5.92 Å². The van der Waals surface area contributed by atoms with Crippen molar-refractivity contribution in [2.75, 3.05) is 11.9 Å². The van der Waals surface area contributed by atoms with Crippen molar-refractivity contribution in [3.8, 4) is 17.1 Å². The molecule has 1 heterocycles. The number of H-pyrrole nitrogens is 1. The van der Waals surface area contributed by atoms with Gasteiger partial charge in [0.05, 0.1) is 6.61 Å². The molecule has 0 spiro atoms. The zero-order valence-corrected chi connectivity index (χ0v) is 17.5. The third-order valence-electron chi connectivity index (χ3n) is 4.51. The molecule has 1 unspecified atom stereocenters. The summed E-state index contributed by atoms with van der Waals surface area (Å²) in [5, 5.41) is 9.22. The van der Waals surface area contributed by atoms with Crippen molar-refractivity contribution in [3.63, 3.8) is 0 Å². The quantitative estimate of drug-likeness (QED) is 0.510. The molecule has 0 radical (unpaired) electrons. The van der Waals surface area contributed by atoms with E-state index < -0.39 is 11.8 Å². The number of ether oxygens (including phenoxy) is 1. The van der Waals surface area contributed by atoms with Crippen LogP contribution >= 0.6 is 0 Å². The molecule has 0 aliphatic rings. The lowest BCUT2D eigenvalue weighted by Gasteiger charge is -2.22. The predicted molar refractivity (Wildman–Crippen MR) is 115 cm³/mol. The average molecular weight is 424 g/mol. The Bertz CT molecular complexity index is 1100. The van der Waals surface area contributed by atoms with E-state index in [9.17, 15) is 14.4 Å². The van der Waals surface area contributed by atoms with Gasteiger partial charge in [-0.2, -0.15) is 0 Å². The molecule has 3 aromatic rings. The maximum absolute atomic E-state index is 12.9. The van der Waals surface area contributed by atoms with Crippen LogP contribution in [0.2, 0.25) is 0 Å². The van der Waals surface area contributed by atoms with E-state index in [4.69, 9.17) is 4.74 Å². The standard InChI is InChI=1S/C22H24N4O5/c1-4-30-17-10-8-14(9-11-17)20(27)24-18(13(2)3)21(28)23-16-7-5-6-15(12-16)19-25-22(29)31-26-19/h5-13,18H,4H2,1-3H3,(H,23,28)(H,24,27)(H,25,26,29). The largest absolute Gasteiger partial charge is 0.494 e. The first-order valence-corrected chi connectivity index (χ1v) is 9.88. The summed E-state index contributed by atoms with van der Waals surface area (Å²) in [5.41, 5.74) is 1.49. The molecule has 0 aliphatic heterocycles. The number of benzene rings is 2. The minimum Gasteiger partial charge on any atom is -0.494 e. The van der Waals surface area contributed by atoms with Crippen LogP contribution in [0.15, 0.2) is 57.8 Å². The number of aromatic nitrogens is 2. The Labute approximate surface area is 178 Å². The smallest absolute Gasteiger partial charge is 0.439 e. The van der Waals surface area contributed by atoms with Crippen LogP contribution in [0.5, 0.6) is 5.75 Å². The van der Waals surface area contributed by atoms with Gasteiger partial charge in [-0.1, -0.05) is 31.1 Å². The highest BCUT2D eigenvalue weighted by Gasteiger charge is 2.25. The number of carbonyl (C=O) groups excluding carboxylic acids is 2. The first-order valence-electron chi connectivity index (χ1n) is 9.88. The van der Waals surface area contributed by atoms with Gasteiger partial charge >= 0.3 is 5.76 Å². The number of amides is 2. The van der Waals surface area contributed by atoms with Crippen LogP contribution in [-0.2, 0) is 4.79 Å². The van der Waals surface area contributed by atoms with Gasteiger partial charge in [0.2, 0.25) is 5.91 Å². The van der Waals surface area contributed by atoms with E-state index in [1.165, 1.54) is 0 Å². The normalized spacial score (nSPS) is 11.7. The molecule has 162 valence electrons. The summed E-state index contributed by atoms with van der Waals surface area (Å²) in [4.78, 5) is 39.1. The third kappa shape index (κ3) is 5.59. The van der Waals surface area contributed by atoms with Gasteiger partial charge in [0.15, 0.2) is 5.82 Å². The fourth-order valence-electron chi connectivity index (χ4n) is 2.95. The number of nitrogens with zero attached hydrogens (tertiary/aromatic N) is 1. The van der Waals surface area contributed by atoms with Gasteiger partial charge in [-0.3, -0.25) is 19.1 Å². The highest BCUT2D eigenvalue weighted by atomic mass is 16.5. The summed E-state index contributed by atoms with van der Waals surface area (Å²) in [5.74, 6) is -0.607. The van der Waals surface area contributed by atoms with Gasteiger partial charge in [0, 0.05) is 16.8 Å². The molecule has 0 fully saturated rings. The molecule has 31 heavy (non-hydrogen) atoms. The zero-order chi connectivity index (χ0) is 22.4. The Hall–Kier alpha value is -3.88. The number of hydrogen-bond donors (Lipinski definition) is 3. The zero-order valence-electron chi connectivity index (χ0n) is 17.5. The van der Waals surface area contributed by atoms with Crippen molar-refractivity contribution in [2.45, 2.75) is 26.8 Å². The molecule has 9 heteroatoms. The molecule has 1 aromatic heterocycles. The number of rotatable bonds is 8. The summed E-state index contributed by atoms with van der Waals surface area (Å²) < 4.78 is 9.89. The van der Waals surface area contributed by atoms with Gasteiger partial charge in [0.1, 0.15) is 11.8 Å². The van der Waals surface area contributed by atoms with Crippen molar-refractivity contribution in [3.05, 3.63) is 64.6 Å². The summed E-state index contributed by atoms with van der Waals surface area (Å²) >= 11 is 0. The van der Waals surface area contributed by atoms with Crippen LogP contribution < -0.4 is 21.1 Å². The molecule has 1 atom stereocenters. The Morgan fingerprint density at radius 2 is 1.90 bits per heavy atom. The van der Waals surface area contributed by atoms with Crippen LogP contribution in [0.1, 0.15) is 31.1 Å². The van der Waals surface area contributed by atoms with Gasteiger partial charge in [-0.25, -0.2) is 4.79 Å². The summed E-state index contributed by atoms with van der Waals surface area (Å²) in [6, 6.07) is 12.7. The maximum atomic E-state index is 12.9. The van der Waals surface area contributed by atoms with Gasteiger partial charge in [-0.15, -0.1) is 0 Å². The van der Waals surface area contributed by atoms with Gasteiger partial charge < -0.3 is 15.4 Å². The van der Waals surface area contributed by atoms with E-state index in [0.29, 0.717) is 29.2 Å². The maximum Gasteiger partial charge on any atom is 0.439 e. The highest BCUT2D eigenvalue weighted by Crippen LogP contribution is 2.19. The summed E-state index contributed by atoms with van der Waals surface area (Å²) in [6.45, 7) is 6.11. The number of carbonyl (C=O) groups is 2. The Morgan fingerprint density at radius 3 is 2.52 bits per heavy atom. The molecule has 2 aromatic carbocycles. The topological polar surface area (TPSA) is 126 Å².